The Hall–Kier alpha value is -2.37. The first-order valence-corrected chi connectivity index (χ1v) is 8.03. The molecule has 0 bridgehead atoms. The molecule has 1 aromatic carbocycles. The number of rotatable bonds is 6. The highest BCUT2D eigenvalue weighted by atomic mass is 16.5. The van der Waals surface area contributed by atoms with E-state index in [9.17, 15) is 14.4 Å². The zero-order valence-electron chi connectivity index (χ0n) is 15.0. The van der Waals surface area contributed by atoms with Crippen molar-refractivity contribution in [2.24, 2.45) is 5.92 Å². The van der Waals surface area contributed by atoms with Gasteiger partial charge in [-0.2, -0.15) is 0 Å². The Bertz CT molecular complexity index is 600. The molecule has 0 aliphatic rings. The van der Waals surface area contributed by atoms with Crippen molar-refractivity contribution in [1.29, 1.82) is 0 Å². The van der Waals surface area contributed by atoms with Gasteiger partial charge >= 0.3 is 12.0 Å². The molecule has 0 heterocycles. The first-order valence-electron chi connectivity index (χ1n) is 8.03. The van der Waals surface area contributed by atoms with Crippen LogP contribution in [0.3, 0.4) is 0 Å². The van der Waals surface area contributed by atoms with Crippen molar-refractivity contribution in [3.63, 3.8) is 0 Å². The molecule has 6 heteroatoms. The number of hydrogen-bond acceptors (Lipinski definition) is 4. The van der Waals surface area contributed by atoms with Crippen LogP contribution in [0.5, 0.6) is 0 Å². The highest BCUT2D eigenvalue weighted by molar-refractivity contribution is 5.97. The van der Waals surface area contributed by atoms with Crippen LogP contribution in [0.1, 0.15) is 47.3 Å². The van der Waals surface area contributed by atoms with E-state index in [-0.39, 0.29) is 0 Å². The highest BCUT2D eigenvalue weighted by Crippen LogP contribution is 2.17. The minimum absolute atomic E-state index is 0.454. The van der Waals surface area contributed by atoms with E-state index in [1.54, 1.807) is 0 Å². The maximum atomic E-state index is 12.1. The van der Waals surface area contributed by atoms with Gasteiger partial charge in [0.25, 0.3) is 5.91 Å². The van der Waals surface area contributed by atoms with Crippen LogP contribution in [0, 0.1) is 26.7 Å². The molecule has 6 nitrogen and oxygen atoms in total. The van der Waals surface area contributed by atoms with Crippen LogP contribution in [-0.4, -0.2) is 31.1 Å². The minimum atomic E-state index is -0.659. The number of esters is 1. The van der Waals surface area contributed by atoms with E-state index in [4.69, 9.17) is 4.74 Å². The number of imide groups is 1. The van der Waals surface area contributed by atoms with Crippen molar-refractivity contribution >= 4 is 17.9 Å². The molecule has 0 saturated heterocycles. The molecule has 1 rings (SSSR count). The van der Waals surface area contributed by atoms with E-state index in [0.717, 1.165) is 23.1 Å². The first-order chi connectivity index (χ1) is 11.2. The van der Waals surface area contributed by atoms with E-state index < -0.39 is 24.5 Å². The fraction of sp³-hybridized carbons (Fsp3) is 0.500. The normalized spacial score (nSPS) is 10.4. The summed E-state index contributed by atoms with van der Waals surface area (Å²) >= 11 is 0. The summed E-state index contributed by atoms with van der Waals surface area (Å²) in [5.41, 5.74) is 3.10. The molecule has 1 aromatic rings. The van der Waals surface area contributed by atoms with Gasteiger partial charge in [0.05, 0.1) is 5.56 Å². The lowest BCUT2D eigenvalue weighted by Crippen LogP contribution is -2.42. The Morgan fingerprint density at radius 2 is 1.67 bits per heavy atom. The van der Waals surface area contributed by atoms with E-state index in [2.05, 4.69) is 10.6 Å². The fourth-order valence-corrected chi connectivity index (χ4v) is 2.39. The number of carbonyl (C=O) groups excluding carboxylic acids is 3. The summed E-state index contributed by atoms with van der Waals surface area (Å²) in [5, 5.41) is 4.71. The Labute approximate surface area is 143 Å². The Balaban J connectivity index is 2.47. The summed E-state index contributed by atoms with van der Waals surface area (Å²) in [6.07, 6.45) is 0.822. The molecule has 0 aliphatic heterocycles. The van der Waals surface area contributed by atoms with Crippen LogP contribution in [-0.2, 0) is 9.53 Å². The third-order valence-corrected chi connectivity index (χ3v) is 3.48. The number of aryl methyl sites for hydroxylation is 3. The summed E-state index contributed by atoms with van der Waals surface area (Å²) in [6.45, 7) is 9.65. The molecule has 2 N–H and O–H groups in total. The van der Waals surface area contributed by atoms with Crippen LogP contribution >= 0.6 is 0 Å². The van der Waals surface area contributed by atoms with Crippen molar-refractivity contribution in [1.82, 2.24) is 10.6 Å². The van der Waals surface area contributed by atoms with Gasteiger partial charge in [0, 0.05) is 6.54 Å². The van der Waals surface area contributed by atoms with Gasteiger partial charge in [-0.1, -0.05) is 31.5 Å². The lowest BCUT2D eigenvalue weighted by atomic mass is 10.00. The highest BCUT2D eigenvalue weighted by Gasteiger charge is 2.16. The van der Waals surface area contributed by atoms with Gasteiger partial charge in [-0.3, -0.25) is 10.1 Å². The SMILES string of the molecule is Cc1cc(C)c(C(=O)OCC(=O)NC(=O)NCCC(C)C)c(C)c1. The summed E-state index contributed by atoms with van der Waals surface area (Å²) < 4.78 is 5.00. The summed E-state index contributed by atoms with van der Waals surface area (Å²) in [7, 11) is 0. The van der Waals surface area contributed by atoms with Crippen LogP contribution in [0.25, 0.3) is 0 Å². The number of amides is 3. The Morgan fingerprint density at radius 1 is 1.08 bits per heavy atom. The van der Waals surface area contributed by atoms with Crippen molar-refractivity contribution in [3.05, 3.63) is 34.4 Å². The molecular formula is C18H26N2O4. The number of nitrogens with one attached hydrogen (secondary N) is 2. The van der Waals surface area contributed by atoms with E-state index in [1.807, 2.05) is 46.8 Å². The topological polar surface area (TPSA) is 84.5 Å². The number of carbonyl (C=O) groups is 3. The van der Waals surface area contributed by atoms with E-state index >= 15 is 0 Å². The number of benzene rings is 1. The summed E-state index contributed by atoms with van der Waals surface area (Å²) in [5.74, 6) is -0.767. The largest absolute Gasteiger partial charge is 0.452 e. The molecule has 0 spiro atoms. The van der Waals surface area contributed by atoms with Crippen molar-refractivity contribution in [2.45, 2.75) is 41.0 Å². The fourth-order valence-electron chi connectivity index (χ4n) is 2.39. The van der Waals surface area contributed by atoms with Crippen LogP contribution in [0.15, 0.2) is 12.1 Å². The second kappa shape index (κ2) is 9.05. The summed E-state index contributed by atoms with van der Waals surface area (Å²) in [4.78, 5) is 35.3. The second-order valence-corrected chi connectivity index (χ2v) is 6.34. The Morgan fingerprint density at radius 3 is 2.21 bits per heavy atom. The van der Waals surface area contributed by atoms with Crippen LogP contribution in [0.4, 0.5) is 4.79 Å². The maximum absolute atomic E-state index is 12.1. The molecule has 132 valence electrons. The van der Waals surface area contributed by atoms with Crippen LogP contribution in [0.2, 0.25) is 0 Å². The van der Waals surface area contributed by atoms with Gasteiger partial charge in [-0.15, -0.1) is 0 Å². The number of hydrogen-bond donors (Lipinski definition) is 2. The van der Waals surface area contributed by atoms with E-state index in [1.165, 1.54) is 0 Å². The second-order valence-electron chi connectivity index (χ2n) is 6.34. The third kappa shape index (κ3) is 6.40. The van der Waals surface area contributed by atoms with Crippen LogP contribution < -0.4 is 10.6 Å². The predicted octanol–water partition coefficient (Wildman–Crippen LogP) is 2.64. The van der Waals surface area contributed by atoms with Crippen molar-refractivity contribution in [3.8, 4) is 0 Å². The van der Waals surface area contributed by atoms with Gasteiger partial charge < -0.3 is 10.1 Å². The molecule has 0 aliphatic carbocycles. The van der Waals surface area contributed by atoms with Gasteiger partial charge in [-0.05, 0) is 44.2 Å². The third-order valence-electron chi connectivity index (χ3n) is 3.48. The zero-order valence-corrected chi connectivity index (χ0v) is 15.0. The van der Waals surface area contributed by atoms with E-state index in [0.29, 0.717) is 18.0 Å². The summed E-state index contributed by atoms with van der Waals surface area (Å²) in [6, 6.07) is 3.18. The standard InChI is InChI=1S/C18H26N2O4/c1-11(2)6-7-19-18(23)20-15(21)10-24-17(22)16-13(4)8-12(3)9-14(16)5/h8-9,11H,6-7,10H2,1-5H3,(H2,19,20,21,23). The predicted molar refractivity (Wildman–Crippen MR) is 91.9 cm³/mol. The average molecular weight is 334 g/mol. The molecule has 0 saturated carbocycles. The lowest BCUT2D eigenvalue weighted by Gasteiger charge is -2.11. The molecule has 24 heavy (non-hydrogen) atoms. The first kappa shape index (κ1) is 19.7. The van der Waals surface area contributed by atoms with Gasteiger partial charge in [-0.25, -0.2) is 9.59 Å². The molecule has 0 aromatic heterocycles. The molecular weight excluding hydrogens is 308 g/mol. The minimum Gasteiger partial charge on any atom is -0.452 e. The van der Waals surface area contributed by atoms with Crippen molar-refractivity contribution in [2.75, 3.05) is 13.2 Å². The molecule has 0 unspecified atom stereocenters. The zero-order chi connectivity index (χ0) is 18.3. The quantitative estimate of drug-likeness (QED) is 0.783. The smallest absolute Gasteiger partial charge is 0.339 e. The maximum Gasteiger partial charge on any atom is 0.339 e. The van der Waals surface area contributed by atoms with Gasteiger partial charge in [0.15, 0.2) is 6.61 Å². The van der Waals surface area contributed by atoms with Gasteiger partial charge in [0.2, 0.25) is 0 Å². The molecule has 0 fully saturated rings. The van der Waals surface area contributed by atoms with Gasteiger partial charge in [0.1, 0.15) is 0 Å². The monoisotopic (exact) mass is 334 g/mol. The number of ether oxygens (including phenoxy) is 1. The molecule has 0 radical (unpaired) electrons. The molecule has 3 amide bonds. The Kier molecular flexibility index (Phi) is 7.42. The number of urea groups is 1. The average Bonchev–Trinajstić information content (AvgIpc) is 2.43. The molecule has 0 atom stereocenters. The van der Waals surface area contributed by atoms with Crippen molar-refractivity contribution < 1.29 is 19.1 Å². The lowest BCUT2D eigenvalue weighted by molar-refractivity contribution is -0.123.